The third kappa shape index (κ3) is 4.09. The zero-order valence-electron chi connectivity index (χ0n) is 17.0. The highest BCUT2D eigenvalue weighted by Gasteiger charge is 2.42. The predicted octanol–water partition coefficient (Wildman–Crippen LogP) is 2.31. The largest absolute Gasteiger partial charge is 0.346 e. The van der Waals surface area contributed by atoms with Crippen molar-refractivity contribution in [2.24, 2.45) is 0 Å². The van der Waals surface area contributed by atoms with Gasteiger partial charge >= 0.3 is 0 Å². The molecule has 2 aliphatic heterocycles. The number of piperidine rings is 1. The number of anilines is 1. The van der Waals surface area contributed by atoms with E-state index in [2.05, 4.69) is 5.32 Å². The SMILES string of the molecule is O=C(NCC1([NH+]2CCCCC2)CCCCC1)c1ccc(N2CCCC2=O)cc1. The van der Waals surface area contributed by atoms with E-state index in [1.165, 1.54) is 64.5 Å². The molecule has 1 saturated carbocycles. The molecule has 2 amide bonds. The molecule has 2 saturated heterocycles. The molecule has 0 radical (unpaired) electrons. The van der Waals surface area contributed by atoms with Crippen molar-refractivity contribution in [3.05, 3.63) is 29.8 Å². The molecule has 0 bridgehead atoms. The Morgan fingerprint density at radius 3 is 2.29 bits per heavy atom. The highest BCUT2D eigenvalue weighted by molar-refractivity contribution is 5.97. The van der Waals surface area contributed by atoms with Gasteiger partial charge in [0.25, 0.3) is 5.91 Å². The number of likely N-dealkylation sites (tertiary alicyclic amines) is 1. The first-order valence-corrected chi connectivity index (χ1v) is 11.2. The number of nitrogens with one attached hydrogen (secondary N) is 2. The van der Waals surface area contributed by atoms with E-state index in [4.69, 9.17) is 0 Å². The summed E-state index contributed by atoms with van der Waals surface area (Å²) in [6.45, 7) is 4.09. The van der Waals surface area contributed by atoms with Gasteiger partial charge in [-0.05, 0) is 62.8 Å². The first kappa shape index (κ1) is 19.4. The number of amides is 2. The molecule has 3 aliphatic rings. The van der Waals surface area contributed by atoms with Crippen LogP contribution >= 0.6 is 0 Å². The van der Waals surface area contributed by atoms with E-state index in [1.807, 2.05) is 29.2 Å². The van der Waals surface area contributed by atoms with Gasteiger partial charge in [-0.1, -0.05) is 6.42 Å². The number of nitrogens with zero attached hydrogens (tertiary/aromatic N) is 1. The molecule has 0 atom stereocenters. The van der Waals surface area contributed by atoms with Gasteiger partial charge in [-0.3, -0.25) is 9.59 Å². The highest BCUT2D eigenvalue weighted by atomic mass is 16.2. The van der Waals surface area contributed by atoms with Crippen molar-refractivity contribution in [1.82, 2.24) is 5.32 Å². The molecule has 0 spiro atoms. The highest BCUT2D eigenvalue weighted by Crippen LogP contribution is 2.26. The molecule has 2 N–H and O–H groups in total. The summed E-state index contributed by atoms with van der Waals surface area (Å²) >= 11 is 0. The van der Waals surface area contributed by atoms with E-state index in [0.717, 1.165) is 25.2 Å². The molecule has 5 heteroatoms. The van der Waals surface area contributed by atoms with Crippen LogP contribution in [-0.2, 0) is 4.79 Å². The molecular weight excluding hydrogens is 350 g/mol. The van der Waals surface area contributed by atoms with E-state index >= 15 is 0 Å². The molecule has 152 valence electrons. The summed E-state index contributed by atoms with van der Waals surface area (Å²) in [6.07, 6.45) is 11.9. The van der Waals surface area contributed by atoms with E-state index in [0.29, 0.717) is 12.0 Å². The van der Waals surface area contributed by atoms with E-state index < -0.39 is 0 Å². The first-order chi connectivity index (χ1) is 13.7. The Bertz CT molecular complexity index is 688. The van der Waals surface area contributed by atoms with Crippen molar-refractivity contribution >= 4 is 17.5 Å². The van der Waals surface area contributed by atoms with Crippen molar-refractivity contribution in [1.29, 1.82) is 0 Å². The lowest BCUT2D eigenvalue weighted by Crippen LogP contribution is -3.22. The maximum atomic E-state index is 12.8. The number of carbonyl (C=O) groups excluding carboxylic acids is 2. The van der Waals surface area contributed by atoms with Crippen LogP contribution in [0.4, 0.5) is 5.69 Å². The number of carbonyl (C=O) groups is 2. The number of quaternary nitrogens is 1. The minimum atomic E-state index is 0.0145. The predicted molar refractivity (Wildman–Crippen MR) is 111 cm³/mol. The normalized spacial score (nSPS) is 23.0. The van der Waals surface area contributed by atoms with Gasteiger partial charge in [0.15, 0.2) is 0 Å². The fourth-order valence-corrected chi connectivity index (χ4v) is 5.46. The second-order valence-electron chi connectivity index (χ2n) is 8.88. The topological polar surface area (TPSA) is 53.9 Å². The Morgan fingerprint density at radius 1 is 0.964 bits per heavy atom. The Kier molecular flexibility index (Phi) is 6.00. The van der Waals surface area contributed by atoms with E-state index in [1.54, 1.807) is 4.90 Å². The fourth-order valence-electron chi connectivity index (χ4n) is 5.46. The zero-order valence-corrected chi connectivity index (χ0v) is 17.0. The third-order valence-electron chi connectivity index (χ3n) is 7.12. The summed E-state index contributed by atoms with van der Waals surface area (Å²) in [6, 6.07) is 7.53. The average Bonchev–Trinajstić information content (AvgIpc) is 3.19. The maximum absolute atomic E-state index is 12.8. The number of benzene rings is 1. The van der Waals surface area contributed by atoms with Crippen LogP contribution in [0.15, 0.2) is 24.3 Å². The van der Waals surface area contributed by atoms with Crippen LogP contribution in [-0.4, -0.2) is 43.5 Å². The molecule has 0 aromatic heterocycles. The standard InChI is InChI=1S/C23H33N3O2/c27-21-8-7-17-26(21)20-11-9-19(10-12-20)22(28)24-18-23(13-3-1-4-14-23)25-15-5-2-6-16-25/h9-12H,1-8,13-18H2,(H,24,28)/p+1. The lowest BCUT2D eigenvalue weighted by molar-refractivity contribution is -0.957. The van der Waals surface area contributed by atoms with E-state index in [9.17, 15) is 9.59 Å². The zero-order chi connectivity index (χ0) is 19.4. The molecule has 1 aromatic rings. The van der Waals surface area contributed by atoms with Crippen molar-refractivity contribution in [3.8, 4) is 0 Å². The molecule has 2 heterocycles. The Labute approximate surface area is 168 Å². The van der Waals surface area contributed by atoms with Gasteiger partial charge in [-0.25, -0.2) is 0 Å². The molecule has 0 unspecified atom stereocenters. The van der Waals surface area contributed by atoms with Gasteiger partial charge in [0, 0.05) is 37.1 Å². The summed E-state index contributed by atoms with van der Waals surface area (Å²) in [5, 5.41) is 3.26. The Morgan fingerprint density at radius 2 is 1.64 bits per heavy atom. The summed E-state index contributed by atoms with van der Waals surface area (Å²) in [5.74, 6) is 0.196. The van der Waals surface area contributed by atoms with Gasteiger partial charge in [0.05, 0.1) is 19.6 Å². The average molecular weight is 385 g/mol. The van der Waals surface area contributed by atoms with Gasteiger partial charge in [-0.15, -0.1) is 0 Å². The summed E-state index contributed by atoms with van der Waals surface area (Å²) in [4.78, 5) is 28.3. The molecule has 1 aliphatic carbocycles. The number of hydrogen-bond acceptors (Lipinski definition) is 2. The van der Waals surface area contributed by atoms with E-state index in [-0.39, 0.29) is 17.4 Å². The molecule has 5 nitrogen and oxygen atoms in total. The maximum Gasteiger partial charge on any atom is 0.251 e. The number of rotatable bonds is 5. The quantitative estimate of drug-likeness (QED) is 0.819. The Hall–Kier alpha value is -1.88. The third-order valence-corrected chi connectivity index (χ3v) is 7.12. The lowest BCUT2D eigenvalue weighted by atomic mass is 9.79. The second-order valence-corrected chi connectivity index (χ2v) is 8.88. The first-order valence-electron chi connectivity index (χ1n) is 11.2. The lowest BCUT2D eigenvalue weighted by Gasteiger charge is -2.45. The van der Waals surface area contributed by atoms with Crippen molar-refractivity contribution in [2.45, 2.75) is 69.7 Å². The van der Waals surface area contributed by atoms with Crippen LogP contribution in [0.25, 0.3) is 0 Å². The smallest absolute Gasteiger partial charge is 0.251 e. The molecule has 28 heavy (non-hydrogen) atoms. The van der Waals surface area contributed by atoms with Gasteiger partial charge in [0.1, 0.15) is 5.54 Å². The Balaban J connectivity index is 1.40. The van der Waals surface area contributed by atoms with Crippen LogP contribution in [0.2, 0.25) is 0 Å². The van der Waals surface area contributed by atoms with Crippen LogP contribution in [0, 0.1) is 0 Å². The van der Waals surface area contributed by atoms with Crippen LogP contribution in [0.5, 0.6) is 0 Å². The van der Waals surface area contributed by atoms with Gasteiger partial charge in [0.2, 0.25) is 5.91 Å². The summed E-state index contributed by atoms with van der Waals surface area (Å²) in [5.41, 5.74) is 1.83. The second kappa shape index (κ2) is 8.64. The molecular formula is C23H34N3O2+. The minimum Gasteiger partial charge on any atom is -0.346 e. The molecule has 4 rings (SSSR count). The minimum absolute atomic E-state index is 0.0145. The van der Waals surface area contributed by atoms with Gasteiger partial charge in [-0.2, -0.15) is 0 Å². The monoisotopic (exact) mass is 384 g/mol. The molecule has 3 fully saturated rings. The van der Waals surface area contributed by atoms with Gasteiger partial charge < -0.3 is 15.1 Å². The van der Waals surface area contributed by atoms with Crippen molar-refractivity contribution in [2.75, 3.05) is 31.1 Å². The fraction of sp³-hybridized carbons (Fsp3) is 0.652. The van der Waals surface area contributed by atoms with Crippen LogP contribution < -0.4 is 15.1 Å². The van der Waals surface area contributed by atoms with Crippen LogP contribution in [0.1, 0.15) is 74.6 Å². The summed E-state index contributed by atoms with van der Waals surface area (Å²) in [7, 11) is 0. The van der Waals surface area contributed by atoms with Crippen molar-refractivity contribution < 1.29 is 14.5 Å². The summed E-state index contributed by atoms with van der Waals surface area (Å²) < 4.78 is 0. The molecule has 1 aromatic carbocycles. The number of hydrogen-bond donors (Lipinski definition) is 2. The van der Waals surface area contributed by atoms with Crippen molar-refractivity contribution in [3.63, 3.8) is 0 Å². The van der Waals surface area contributed by atoms with Crippen LogP contribution in [0.3, 0.4) is 0 Å².